The van der Waals surface area contributed by atoms with Crippen LogP contribution in [0.5, 0.6) is 11.6 Å². The number of nitrogens with zero attached hydrogens (tertiary/aromatic N) is 1. The molecule has 150 valence electrons. The van der Waals surface area contributed by atoms with Crippen LogP contribution < -0.4 is 15.4 Å². The topological polar surface area (TPSA) is 89.6 Å². The number of aromatic nitrogens is 1. The molecule has 0 spiro atoms. The lowest BCUT2D eigenvalue weighted by atomic mass is 10.1. The first-order valence-corrected chi connectivity index (χ1v) is 9.05. The number of hydrogen-bond acceptors (Lipinski definition) is 5. The van der Waals surface area contributed by atoms with Crippen LogP contribution in [0.25, 0.3) is 0 Å². The van der Waals surface area contributed by atoms with Crippen molar-refractivity contribution in [3.05, 3.63) is 47.7 Å². The Hall–Kier alpha value is -3.09. The minimum absolute atomic E-state index is 0.379. The Balaban J connectivity index is 1.91. The van der Waals surface area contributed by atoms with Crippen molar-refractivity contribution in [1.29, 1.82) is 0 Å². The maximum absolute atomic E-state index is 12.2. The van der Waals surface area contributed by atoms with Crippen LogP contribution >= 0.6 is 0 Å². The number of hydrogen-bond donors (Lipinski definition) is 2. The summed E-state index contributed by atoms with van der Waals surface area (Å²) in [5.74, 6) is 0.735. The van der Waals surface area contributed by atoms with E-state index in [9.17, 15) is 9.59 Å². The summed E-state index contributed by atoms with van der Waals surface area (Å²) < 4.78 is 10.9. The number of rotatable bonds is 5. The Labute approximate surface area is 165 Å². The van der Waals surface area contributed by atoms with Crippen LogP contribution in [-0.4, -0.2) is 28.6 Å². The molecule has 1 aromatic carbocycles. The van der Waals surface area contributed by atoms with E-state index in [1.807, 2.05) is 32.0 Å². The number of anilines is 1. The molecule has 28 heavy (non-hydrogen) atoms. The number of amides is 2. The van der Waals surface area contributed by atoms with Gasteiger partial charge in [0.25, 0.3) is 0 Å². The van der Waals surface area contributed by atoms with Crippen molar-refractivity contribution in [2.75, 3.05) is 5.32 Å². The van der Waals surface area contributed by atoms with Crippen molar-refractivity contribution in [2.24, 2.45) is 0 Å². The van der Waals surface area contributed by atoms with E-state index >= 15 is 0 Å². The quantitative estimate of drug-likeness (QED) is 0.799. The second-order valence-electron chi connectivity index (χ2n) is 7.59. The van der Waals surface area contributed by atoms with E-state index in [4.69, 9.17) is 9.47 Å². The molecule has 2 aromatic rings. The first kappa shape index (κ1) is 21.2. The summed E-state index contributed by atoms with van der Waals surface area (Å²) >= 11 is 0. The number of alkyl carbamates (subject to hydrolysis) is 1. The van der Waals surface area contributed by atoms with Gasteiger partial charge in [0.1, 0.15) is 17.4 Å². The van der Waals surface area contributed by atoms with Crippen molar-refractivity contribution >= 4 is 17.7 Å². The number of carbonyl (C=O) groups is 2. The summed E-state index contributed by atoms with van der Waals surface area (Å²) in [5.41, 5.74) is 2.19. The highest BCUT2D eigenvalue weighted by atomic mass is 16.6. The standard InChI is InChI=1S/C21H27N3O4/c1-13-7-9-17(11-14(13)2)27-18-10-8-16(12-22-18)24-19(25)15(3)23-20(26)28-21(4,5)6/h7-12,15H,1-6H3,(H,23,26)(H,24,25). The van der Waals surface area contributed by atoms with Gasteiger partial charge in [0, 0.05) is 6.07 Å². The Kier molecular flexibility index (Phi) is 6.62. The second-order valence-corrected chi connectivity index (χ2v) is 7.59. The van der Waals surface area contributed by atoms with Gasteiger partial charge >= 0.3 is 6.09 Å². The zero-order chi connectivity index (χ0) is 20.9. The summed E-state index contributed by atoms with van der Waals surface area (Å²) in [4.78, 5) is 28.2. The SMILES string of the molecule is Cc1ccc(Oc2ccc(NC(=O)C(C)NC(=O)OC(C)(C)C)cn2)cc1C. The van der Waals surface area contributed by atoms with Gasteiger partial charge in [-0.1, -0.05) is 6.07 Å². The van der Waals surface area contributed by atoms with Crippen LogP contribution in [0.3, 0.4) is 0 Å². The molecule has 2 amide bonds. The first-order valence-electron chi connectivity index (χ1n) is 9.05. The molecule has 0 aliphatic carbocycles. The minimum Gasteiger partial charge on any atom is -0.444 e. The van der Waals surface area contributed by atoms with E-state index in [1.165, 1.54) is 11.8 Å². The maximum atomic E-state index is 12.2. The molecule has 7 heteroatoms. The van der Waals surface area contributed by atoms with Crippen molar-refractivity contribution in [1.82, 2.24) is 10.3 Å². The smallest absolute Gasteiger partial charge is 0.408 e. The number of aryl methyl sites for hydroxylation is 2. The van der Waals surface area contributed by atoms with Gasteiger partial charge in [0.15, 0.2) is 0 Å². The Morgan fingerprint density at radius 1 is 1.07 bits per heavy atom. The molecule has 0 aliphatic heterocycles. The molecular formula is C21H27N3O4. The van der Waals surface area contributed by atoms with Crippen molar-refractivity contribution in [2.45, 2.75) is 53.2 Å². The summed E-state index contributed by atoms with van der Waals surface area (Å²) in [7, 11) is 0. The average molecular weight is 385 g/mol. The molecule has 2 rings (SSSR count). The first-order chi connectivity index (χ1) is 13.0. The number of carbonyl (C=O) groups excluding carboxylic acids is 2. The minimum atomic E-state index is -0.763. The highest BCUT2D eigenvalue weighted by molar-refractivity contribution is 5.96. The van der Waals surface area contributed by atoms with Crippen LogP contribution in [0.2, 0.25) is 0 Å². The van der Waals surface area contributed by atoms with Crippen LogP contribution in [0.15, 0.2) is 36.5 Å². The summed E-state index contributed by atoms with van der Waals surface area (Å²) in [6.07, 6.45) is 0.847. The van der Waals surface area contributed by atoms with E-state index in [-0.39, 0.29) is 5.91 Å². The number of benzene rings is 1. The molecule has 1 unspecified atom stereocenters. The van der Waals surface area contributed by atoms with Crippen molar-refractivity contribution in [3.63, 3.8) is 0 Å². The molecule has 0 saturated heterocycles. The molecule has 0 radical (unpaired) electrons. The predicted molar refractivity (Wildman–Crippen MR) is 108 cm³/mol. The fourth-order valence-corrected chi connectivity index (χ4v) is 2.21. The Morgan fingerprint density at radius 3 is 2.36 bits per heavy atom. The number of pyridine rings is 1. The van der Waals surface area contributed by atoms with Gasteiger partial charge in [0.2, 0.25) is 11.8 Å². The van der Waals surface area contributed by atoms with Gasteiger partial charge in [-0.15, -0.1) is 0 Å². The van der Waals surface area contributed by atoms with Gasteiger partial charge in [-0.2, -0.15) is 0 Å². The van der Waals surface area contributed by atoms with Crippen LogP contribution in [0.1, 0.15) is 38.8 Å². The maximum Gasteiger partial charge on any atom is 0.408 e. The molecule has 0 saturated carbocycles. The highest BCUT2D eigenvalue weighted by Crippen LogP contribution is 2.23. The largest absolute Gasteiger partial charge is 0.444 e. The second kappa shape index (κ2) is 8.73. The molecule has 2 N–H and O–H groups in total. The molecule has 1 aromatic heterocycles. The van der Waals surface area contributed by atoms with Crippen LogP contribution in [0.4, 0.5) is 10.5 Å². The van der Waals surface area contributed by atoms with E-state index in [2.05, 4.69) is 15.6 Å². The number of ether oxygens (including phenoxy) is 2. The van der Waals surface area contributed by atoms with E-state index in [1.54, 1.807) is 39.8 Å². The molecule has 0 bridgehead atoms. The lowest BCUT2D eigenvalue weighted by Gasteiger charge is -2.21. The normalized spacial score (nSPS) is 12.1. The van der Waals surface area contributed by atoms with Gasteiger partial charge in [0.05, 0.1) is 11.9 Å². The molecule has 1 atom stereocenters. The molecular weight excluding hydrogens is 358 g/mol. The van der Waals surface area contributed by atoms with Crippen LogP contribution in [0, 0.1) is 13.8 Å². The van der Waals surface area contributed by atoms with E-state index in [0.717, 1.165) is 5.56 Å². The van der Waals surface area contributed by atoms with Gasteiger partial charge in [-0.25, -0.2) is 9.78 Å². The third kappa shape index (κ3) is 6.57. The van der Waals surface area contributed by atoms with Gasteiger partial charge in [-0.05, 0) is 70.9 Å². The zero-order valence-corrected chi connectivity index (χ0v) is 17.1. The molecule has 7 nitrogen and oxygen atoms in total. The Morgan fingerprint density at radius 2 is 1.79 bits per heavy atom. The van der Waals surface area contributed by atoms with Crippen LogP contribution in [-0.2, 0) is 9.53 Å². The zero-order valence-electron chi connectivity index (χ0n) is 17.1. The summed E-state index contributed by atoms with van der Waals surface area (Å²) in [6.45, 7) is 10.9. The van der Waals surface area contributed by atoms with E-state index < -0.39 is 17.7 Å². The average Bonchev–Trinajstić information content (AvgIpc) is 2.58. The molecule has 1 heterocycles. The Bertz CT molecular complexity index is 842. The fraction of sp³-hybridized carbons (Fsp3) is 0.381. The highest BCUT2D eigenvalue weighted by Gasteiger charge is 2.21. The predicted octanol–water partition coefficient (Wildman–Crippen LogP) is 4.34. The summed E-state index contributed by atoms with van der Waals surface area (Å²) in [5, 5.41) is 5.18. The summed E-state index contributed by atoms with van der Waals surface area (Å²) in [6, 6.07) is 8.39. The van der Waals surface area contributed by atoms with Crippen molar-refractivity contribution in [3.8, 4) is 11.6 Å². The van der Waals surface area contributed by atoms with Gasteiger partial charge < -0.3 is 20.1 Å². The van der Waals surface area contributed by atoms with Gasteiger partial charge in [-0.3, -0.25) is 4.79 Å². The lowest BCUT2D eigenvalue weighted by Crippen LogP contribution is -2.43. The fourth-order valence-electron chi connectivity index (χ4n) is 2.21. The number of nitrogens with one attached hydrogen (secondary N) is 2. The monoisotopic (exact) mass is 385 g/mol. The molecule has 0 aliphatic rings. The van der Waals surface area contributed by atoms with Crippen molar-refractivity contribution < 1.29 is 19.1 Å². The third-order valence-electron chi connectivity index (χ3n) is 3.83. The van der Waals surface area contributed by atoms with E-state index in [0.29, 0.717) is 17.3 Å². The molecule has 0 fully saturated rings. The third-order valence-corrected chi connectivity index (χ3v) is 3.83. The lowest BCUT2D eigenvalue weighted by molar-refractivity contribution is -0.117.